The normalized spacial score (nSPS) is 14.9. The molecule has 1 aromatic heterocycles. The molecule has 1 fully saturated rings. The molecule has 0 radical (unpaired) electrons. The van der Waals surface area contributed by atoms with Crippen molar-refractivity contribution < 1.29 is 14.6 Å². The summed E-state index contributed by atoms with van der Waals surface area (Å²) in [6.07, 6.45) is 1.37. The number of hydrogen-bond donors (Lipinski definition) is 1. The van der Waals surface area contributed by atoms with Crippen LogP contribution in [0.3, 0.4) is 0 Å². The van der Waals surface area contributed by atoms with E-state index in [1.807, 2.05) is 18.2 Å². The van der Waals surface area contributed by atoms with Crippen molar-refractivity contribution in [1.82, 2.24) is 14.4 Å². The molecule has 1 aliphatic rings. The van der Waals surface area contributed by atoms with Gasteiger partial charge >= 0.3 is 6.09 Å². The predicted molar refractivity (Wildman–Crippen MR) is 113 cm³/mol. The highest BCUT2D eigenvalue weighted by Gasteiger charge is 2.22. The monoisotopic (exact) mass is 513 g/mol. The highest BCUT2D eigenvalue weighted by molar-refractivity contribution is 9.13. The first-order chi connectivity index (χ1) is 13.4. The molecular weight excluding hydrogens is 494 g/mol. The Morgan fingerprint density at radius 3 is 2.50 bits per heavy atom. The summed E-state index contributed by atoms with van der Waals surface area (Å²) in [6.45, 7) is 3.23. The molecule has 2 heterocycles. The Labute approximate surface area is 179 Å². The van der Waals surface area contributed by atoms with E-state index in [0.717, 1.165) is 14.5 Å². The molecule has 0 unspecified atom stereocenters. The lowest BCUT2D eigenvalue weighted by atomic mass is 10.2. The molecule has 1 amide bonds. The fourth-order valence-corrected chi connectivity index (χ4v) is 3.96. The van der Waals surface area contributed by atoms with Crippen molar-refractivity contribution in [2.45, 2.75) is 13.1 Å². The molecule has 9 heteroatoms. The summed E-state index contributed by atoms with van der Waals surface area (Å²) in [5.74, 6) is -0.232. The number of carbonyl (C=O) groups is 1. The first-order valence-electron chi connectivity index (χ1n) is 8.80. The lowest BCUT2D eigenvalue weighted by Crippen LogP contribution is -2.48. The summed E-state index contributed by atoms with van der Waals surface area (Å²) >= 11 is 6.97. The van der Waals surface area contributed by atoms with Gasteiger partial charge in [-0.1, -0.05) is 12.1 Å². The summed E-state index contributed by atoms with van der Waals surface area (Å²) in [4.78, 5) is 27.9. The number of aromatic hydroxyl groups is 1. The molecule has 0 atom stereocenters. The summed E-state index contributed by atoms with van der Waals surface area (Å²) in [6, 6.07) is 7.51. The van der Waals surface area contributed by atoms with Gasteiger partial charge in [0.2, 0.25) is 0 Å². The van der Waals surface area contributed by atoms with Crippen LogP contribution in [0.5, 0.6) is 5.75 Å². The van der Waals surface area contributed by atoms with Gasteiger partial charge in [0.15, 0.2) is 5.75 Å². The highest BCUT2D eigenvalue weighted by Crippen LogP contribution is 2.27. The Morgan fingerprint density at radius 2 is 1.82 bits per heavy atom. The number of rotatable bonds is 4. The van der Waals surface area contributed by atoms with Crippen molar-refractivity contribution >= 4 is 38.0 Å². The maximum atomic E-state index is 12.6. The number of pyridine rings is 1. The van der Waals surface area contributed by atoms with Crippen LogP contribution in [0.2, 0.25) is 0 Å². The number of amides is 1. The second-order valence-corrected chi connectivity index (χ2v) is 8.22. The molecular formula is C19H21Br2N3O4. The zero-order chi connectivity index (χ0) is 20.3. The van der Waals surface area contributed by atoms with Crippen LogP contribution in [0.1, 0.15) is 11.1 Å². The van der Waals surface area contributed by atoms with Crippen molar-refractivity contribution in [3.63, 3.8) is 0 Å². The third kappa shape index (κ3) is 4.59. The second kappa shape index (κ2) is 9.11. The van der Waals surface area contributed by atoms with Gasteiger partial charge in [-0.3, -0.25) is 9.69 Å². The van der Waals surface area contributed by atoms with Crippen molar-refractivity contribution in [1.29, 1.82) is 0 Å². The van der Waals surface area contributed by atoms with E-state index in [0.29, 0.717) is 44.8 Å². The number of nitrogens with zero attached hydrogens (tertiary/aromatic N) is 3. The van der Waals surface area contributed by atoms with E-state index in [4.69, 9.17) is 4.74 Å². The quantitative estimate of drug-likeness (QED) is 0.678. The Balaban J connectivity index is 1.70. The molecule has 1 aliphatic heterocycles. The molecule has 1 aromatic carbocycles. The van der Waals surface area contributed by atoms with Crippen LogP contribution in [0.15, 0.2) is 44.2 Å². The van der Waals surface area contributed by atoms with Gasteiger partial charge < -0.3 is 19.3 Å². The maximum Gasteiger partial charge on any atom is 0.409 e. The predicted octanol–water partition coefficient (Wildman–Crippen LogP) is 3.01. The summed E-state index contributed by atoms with van der Waals surface area (Å²) in [5, 5.41) is 10.4. The minimum absolute atomic E-state index is 0.232. The van der Waals surface area contributed by atoms with Crippen LogP contribution in [0.25, 0.3) is 0 Å². The lowest BCUT2D eigenvalue weighted by Gasteiger charge is -2.33. The number of halogens is 2. The molecule has 2 aromatic rings. The Hall–Kier alpha value is -1.84. The van der Waals surface area contributed by atoms with Crippen LogP contribution in [-0.2, 0) is 17.8 Å². The van der Waals surface area contributed by atoms with Gasteiger partial charge in [-0.25, -0.2) is 4.79 Å². The van der Waals surface area contributed by atoms with E-state index >= 15 is 0 Å². The lowest BCUT2D eigenvalue weighted by molar-refractivity contribution is 0.0885. The number of carbonyl (C=O) groups excluding carboxylic acids is 1. The van der Waals surface area contributed by atoms with Gasteiger partial charge in [-0.2, -0.15) is 0 Å². The number of piperazine rings is 1. The molecule has 0 aliphatic carbocycles. The third-order valence-electron chi connectivity index (χ3n) is 4.79. The number of benzene rings is 1. The first kappa shape index (κ1) is 20.9. The van der Waals surface area contributed by atoms with Gasteiger partial charge in [0.1, 0.15) is 0 Å². The van der Waals surface area contributed by atoms with E-state index in [1.165, 1.54) is 11.7 Å². The zero-order valence-electron chi connectivity index (χ0n) is 15.4. The smallest absolute Gasteiger partial charge is 0.409 e. The van der Waals surface area contributed by atoms with Crippen LogP contribution in [0, 0.1) is 0 Å². The highest BCUT2D eigenvalue weighted by atomic mass is 79.9. The molecule has 28 heavy (non-hydrogen) atoms. The van der Waals surface area contributed by atoms with Gasteiger partial charge in [0, 0.05) is 53.4 Å². The molecule has 1 saturated heterocycles. The van der Waals surface area contributed by atoms with Crippen LogP contribution >= 0.6 is 31.9 Å². The SMILES string of the molecule is COC(=O)N1CCN(Cc2ccn(Cc3cccc(Br)c3Br)c(=O)c2O)CC1. The number of aromatic nitrogens is 1. The van der Waals surface area contributed by atoms with Gasteiger partial charge in [0.25, 0.3) is 5.56 Å². The molecule has 3 rings (SSSR count). The topological polar surface area (TPSA) is 75.0 Å². The third-order valence-corrected chi connectivity index (χ3v) is 6.92. The summed E-state index contributed by atoms with van der Waals surface area (Å²) < 4.78 is 8.01. The van der Waals surface area contributed by atoms with E-state index in [2.05, 4.69) is 36.8 Å². The number of hydrogen-bond acceptors (Lipinski definition) is 5. The number of ether oxygens (including phenoxy) is 1. The molecule has 7 nitrogen and oxygen atoms in total. The standard InChI is InChI=1S/C19H21Br2N3O4/c1-28-19(27)23-9-7-22(8-10-23)11-14-5-6-24(18(26)17(14)25)12-13-3-2-4-15(20)16(13)21/h2-6,25H,7-12H2,1H3. The van der Waals surface area contributed by atoms with Gasteiger partial charge in [-0.15, -0.1) is 0 Å². The van der Waals surface area contributed by atoms with E-state index in [-0.39, 0.29) is 11.8 Å². The van der Waals surface area contributed by atoms with Crippen molar-refractivity contribution in [3.05, 3.63) is 60.9 Å². The van der Waals surface area contributed by atoms with Gasteiger partial charge in [-0.05, 0) is 49.6 Å². The molecule has 0 bridgehead atoms. The van der Waals surface area contributed by atoms with Crippen LogP contribution in [-0.4, -0.2) is 58.9 Å². The Morgan fingerprint density at radius 1 is 1.11 bits per heavy atom. The maximum absolute atomic E-state index is 12.6. The van der Waals surface area contributed by atoms with E-state index in [1.54, 1.807) is 17.2 Å². The number of methoxy groups -OCH3 is 1. The van der Waals surface area contributed by atoms with Crippen molar-refractivity contribution in [2.24, 2.45) is 0 Å². The van der Waals surface area contributed by atoms with Crippen molar-refractivity contribution in [2.75, 3.05) is 33.3 Å². The van der Waals surface area contributed by atoms with Crippen LogP contribution in [0.4, 0.5) is 4.79 Å². The average Bonchev–Trinajstić information content (AvgIpc) is 2.71. The summed E-state index contributed by atoms with van der Waals surface area (Å²) in [7, 11) is 1.37. The van der Waals surface area contributed by atoms with E-state index < -0.39 is 5.56 Å². The van der Waals surface area contributed by atoms with E-state index in [9.17, 15) is 14.7 Å². The average molecular weight is 515 g/mol. The molecule has 0 saturated carbocycles. The first-order valence-corrected chi connectivity index (χ1v) is 10.4. The molecule has 150 valence electrons. The largest absolute Gasteiger partial charge is 0.503 e. The summed E-state index contributed by atoms with van der Waals surface area (Å²) in [5.41, 5.74) is 1.10. The minimum Gasteiger partial charge on any atom is -0.503 e. The fraction of sp³-hybridized carbons (Fsp3) is 0.368. The minimum atomic E-state index is -0.419. The molecule has 1 N–H and O–H groups in total. The zero-order valence-corrected chi connectivity index (χ0v) is 18.6. The molecule has 0 spiro atoms. The Kier molecular flexibility index (Phi) is 6.79. The van der Waals surface area contributed by atoms with Gasteiger partial charge in [0.05, 0.1) is 13.7 Å². The van der Waals surface area contributed by atoms with Crippen LogP contribution < -0.4 is 5.56 Å². The fourth-order valence-electron chi connectivity index (χ4n) is 3.16. The van der Waals surface area contributed by atoms with Crippen molar-refractivity contribution in [3.8, 4) is 5.75 Å². The second-order valence-electron chi connectivity index (χ2n) is 6.57. The Bertz CT molecular complexity index is 924.